The Hall–Kier alpha value is -1.25. The van der Waals surface area contributed by atoms with Gasteiger partial charge in [0.25, 0.3) is 0 Å². The SMILES string of the molecule is COC(=O)[C@@]1(C)CCC[C@]2(C)C(OS(=O)(=O)C(F)(F)F)=CCC[C@@H]12. The van der Waals surface area contributed by atoms with Crippen molar-refractivity contribution in [2.75, 3.05) is 7.11 Å². The molecule has 0 aromatic carbocycles. The van der Waals surface area contributed by atoms with Crippen LogP contribution < -0.4 is 0 Å². The minimum atomic E-state index is -5.73. The van der Waals surface area contributed by atoms with E-state index in [9.17, 15) is 26.4 Å². The van der Waals surface area contributed by atoms with Crippen molar-refractivity contribution in [1.82, 2.24) is 0 Å². The average molecular weight is 370 g/mol. The standard InChI is InChI=1S/C15H21F3O5S/c1-13-8-5-9-14(2,12(19)22-3)10(13)6-4-7-11(13)23-24(20,21)15(16,17)18/h7,10H,4-6,8-9H2,1-3H3/t10-,13+,14+/m1/s1. The van der Waals surface area contributed by atoms with Crippen LogP contribution in [0.1, 0.15) is 46.0 Å². The topological polar surface area (TPSA) is 69.7 Å². The van der Waals surface area contributed by atoms with Crippen molar-refractivity contribution >= 4 is 16.1 Å². The zero-order chi connectivity index (χ0) is 18.4. The summed E-state index contributed by atoms with van der Waals surface area (Å²) in [4.78, 5) is 12.3. The molecule has 2 aliphatic carbocycles. The molecule has 5 nitrogen and oxygen atoms in total. The van der Waals surface area contributed by atoms with Crippen molar-refractivity contribution in [3.05, 3.63) is 11.8 Å². The zero-order valence-electron chi connectivity index (χ0n) is 13.8. The molecule has 0 radical (unpaired) electrons. The van der Waals surface area contributed by atoms with Crippen molar-refractivity contribution < 1.29 is 35.3 Å². The molecule has 24 heavy (non-hydrogen) atoms. The van der Waals surface area contributed by atoms with Gasteiger partial charge in [0.05, 0.1) is 12.5 Å². The number of esters is 1. The smallest absolute Gasteiger partial charge is 0.469 e. The van der Waals surface area contributed by atoms with Crippen molar-refractivity contribution in [3.63, 3.8) is 0 Å². The van der Waals surface area contributed by atoms with Crippen molar-refractivity contribution in [3.8, 4) is 0 Å². The summed E-state index contributed by atoms with van der Waals surface area (Å²) in [5, 5.41) is 0. The van der Waals surface area contributed by atoms with E-state index >= 15 is 0 Å². The van der Waals surface area contributed by atoms with Gasteiger partial charge in [-0.15, -0.1) is 0 Å². The predicted molar refractivity (Wildman–Crippen MR) is 78.9 cm³/mol. The maximum atomic E-state index is 12.7. The highest BCUT2D eigenvalue weighted by Gasteiger charge is 2.58. The molecule has 138 valence electrons. The Balaban J connectivity index is 2.41. The molecule has 9 heteroatoms. The second-order valence-corrected chi connectivity index (χ2v) is 8.40. The first kappa shape index (κ1) is 19.1. The molecule has 0 unspecified atom stereocenters. The lowest BCUT2D eigenvalue weighted by Gasteiger charge is -2.52. The molecule has 0 aromatic rings. The maximum absolute atomic E-state index is 12.7. The number of hydrogen-bond donors (Lipinski definition) is 0. The van der Waals surface area contributed by atoms with Crippen LogP contribution in [0.15, 0.2) is 11.8 Å². The number of rotatable bonds is 3. The number of carbonyl (C=O) groups excluding carboxylic acids is 1. The average Bonchev–Trinajstić information content (AvgIpc) is 2.46. The monoisotopic (exact) mass is 370 g/mol. The lowest BCUT2D eigenvalue weighted by molar-refractivity contribution is -0.164. The number of hydrogen-bond acceptors (Lipinski definition) is 5. The lowest BCUT2D eigenvalue weighted by atomic mass is 9.52. The van der Waals surface area contributed by atoms with Gasteiger partial charge < -0.3 is 8.92 Å². The quantitative estimate of drug-likeness (QED) is 0.432. The van der Waals surface area contributed by atoms with Crippen LogP contribution in [0, 0.1) is 16.7 Å². The molecule has 0 aromatic heterocycles. The first-order valence-electron chi connectivity index (χ1n) is 7.68. The Morgan fingerprint density at radius 3 is 2.46 bits per heavy atom. The van der Waals surface area contributed by atoms with Gasteiger partial charge in [-0.2, -0.15) is 21.6 Å². The summed E-state index contributed by atoms with van der Waals surface area (Å²) >= 11 is 0. The molecular weight excluding hydrogens is 349 g/mol. The summed E-state index contributed by atoms with van der Waals surface area (Å²) in [7, 11) is -4.47. The zero-order valence-corrected chi connectivity index (χ0v) is 14.6. The molecule has 1 saturated carbocycles. The summed E-state index contributed by atoms with van der Waals surface area (Å²) in [6, 6.07) is 0. The number of ether oxygens (including phenoxy) is 1. The highest BCUT2D eigenvalue weighted by molar-refractivity contribution is 7.87. The summed E-state index contributed by atoms with van der Waals surface area (Å²) in [5.41, 5.74) is -7.33. The highest BCUT2D eigenvalue weighted by atomic mass is 32.2. The van der Waals surface area contributed by atoms with Crippen molar-refractivity contribution in [1.29, 1.82) is 0 Å². The molecule has 0 bridgehead atoms. The molecule has 0 N–H and O–H groups in total. The molecule has 3 atom stereocenters. The summed E-state index contributed by atoms with van der Waals surface area (Å²) in [5.74, 6) is -1.00. The lowest BCUT2D eigenvalue weighted by Crippen LogP contribution is -2.51. The molecule has 1 fully saturated rings. The fraction of sp³-hybridized carbons (Fsp3) is 0.800. The molecule has 2 rings (SSSR count). The van der Waals surface area contributed by atoms with E-state index in [2.05, 4.69) is 4.18 Å². The van der Waals surface area contributed by atoms with Crippen LogP contribution in [0.5, 0.6) is 0 Å². The van der Waals surface area contributed by atoms with Crippen molar-refractivity contribution in [2.45, 2.75) is 51.5 Å². The van der Waals surface area contributed by atoms with Gasteiger partial charge in [-0.3, -0.25) is 4.79 Å². The van der Waals surface area contributed by atoms with E-state index in [4.69, 9.17) is 4.74 Å². The van der Waals surface area contributed by atoms with Crippen LogP contribution >= 0.6 is 0 Å². The van der Waals surface area contributed by atoms with Crippen LogP contribution in [-0.2, 0) is 23.8 Å². The molecule has 0 amide bonds. The van der Waals surface area contributed by atoms with E-state index in [1.807, 2.05) is 0 Å². The number of alkyl halides is 3. The first-order chi connectivity index (χ1) is 10.9. The number of allylic oxidation sites excluding steroid dienone is 2. The number of methoxy groups -OCH3 is 1. The first-order valence-corrected chi connectivity index (χ1v) is 9.09. The summed E-state index contributed by atoms with van der Waals surface area (Å²) < 4.78 is 70.1. The van der Waals surface area contributed by atoms with Gasteiger partial charge in [-0.25, -0.2) is 0 Å². The van der Waals surface area contributed by atoms with Crippen LogP contribution in [0.3, 0.4) is 0 Å². The van der Waals surface area contributed by atoms with Gasteiger partial charge in [0, 0.05) is 5.41 Å². The number of carbonyl (C=O) groups is 1. The van der Waals surface area contributed by atoms with Gasteiger partial charge in [-0.05, 0) is 44.6 Å². The molecule has 2 aliphatic rings. The van der Waals surface area contributed by atoms with Crippen LogP contribution in [0.25, 0.3) is 0 Å². The molecule has 0 heterocycles. The Kier molecular flexibility index (Phi) is 4.71. The molecule has 0 spiro atoms. The third-order valence-corrected chi connectivity index (χ3v) is 6.38. The minimum Gasteiger partial charge on any atom is -0.469 e. The van der Waals surface area contributed by atoms with Crippen molar-refractivity contribution in [2.24, 2.45) is 16.7 Å². The maximum Gasteiger partial charge on any atom is 0.534 e. The van der Waals surface area contributed by atoms with E-state index < -0.39 is 32.4 Å². The van der Waals surface area contributed by atoms with E-state index in [0.717, 1.165) is 0 Å². The molecule has 0 aliphatic heterocycles. The third kappa shape index (κ3) is 2.91. The van der Waals surface area contributed by atoms with Gasteiger partial charge in [0.2, 0.25) is 0 Å². The summed E-state index contributed by atoms with van der Waals surface area (Å²) in [6.07, 6.45) is 3.84. The van der Waals surface area contributed by atoms with Crippen LogP contribution in [0.4, 0.5) is 13.2 Å². The Bertz CT molecular complexity index is 655. The van der Waals surface area contributed by atoms with E-state index in [0.29, 0.717) is 32.1 Å². The van der Waals surface area contributed by atoms with Crippen LogP contribution in [0.2, 0.25) is 0 Å². The van der Waals surface area contributed by atoms with Gasteiger partial charge >= 0.3 is 21.6 Å². The predicted octanol–water partition coefficient (Wildman–Crippen LogP) is 3.52. The molecule has 0 saturated heterocycles. The Morgan fingerprint density at radius 1 is 1.29 bits per heavy atom. The summed E-state index contributed by atoms with van der Waals surface area (Å²) in [6.45, 7) is 3.39. The van der Waals surface area contributed by atoms with E-state index in [1.54, 1.807) is 13.8 Å². The normalized spacial score (nSPS) is 34.1. The fourth-order valence-corrected chi connectivity index (χ4v) is 4.78. The Labute approximate surface area is 139 Å². The van der Waals surface area contributed by atoms with E-state index in [1.165, 1.54) is 13.2 Å². The largest absolute Gasteiger partial charge is 0.534 e. The number of halogens is 3. The van der Waals surface area contributed by atoms with Crippen LogP contribution in [-0.4, -0.2) is 27.0 Å². The highest BCUT2D eigenvalue weighted by Crippen LogP contribution is 2.59. The fourth-order valence-electron chi connectivity index (χ4n) is 4.19. The third-order valence-electron chi connectivity index (χ3n) is 5.41. The van der Waals surface area contributed by atoms with Gasteiger partial charge in [0.1, 0.15) is 5.76 Å². The second kappa shape index (κ2) is 5.93. The second-order valence-electron chi connectivity index (χ2n) is 6.86. The van der Waals surface area contributed by atoms with E-state index in [-0.39, 0.29) is 11.7 Å². The minimum absolute atomic E-state index is 0.217. The van der Waals surface area contributed by atoms with Gasteiger partial charge in [-0.1, -0.05) is 13.3 Å². The van der Waals surface area contributed by atoms with Gasteiger partial charge in [0.15, 0.2) is 0 Å². The Morgan fingerprint density at radius 2 is 1.92 bits per heavy atom. The number of fused-ring (bicyclic) bond motifs is 1. The molecular formula is C15H21F3O5S.